The van der Waals surface area contributed by atoms with Crippen LogP contribution < -0.4 is 4.74 Å². The molecule has 0 saturated heterocycles. The van der Waals surface area contributed by atoms with Crippen LogP contribution in [0.25, 0.3) is 22.3 Å². The Kier molecular flexibility index (Phi) is 7.05. The van der Waals surface area contributed by atoms with Crippen LogP contribution in [-0.2, 0) is 6.54 Å². The summed E-state index contributed by atoms with van der Waals surface area (Å²) in [6.45, 7) is 7.07. The summed E-state index contributed by atoms with van der Waals surface area (Å²) < 4.78 is 33.7. The maximum Gasteiger partial charge on any atom is 0.336 e. The SMILES string of the molecule is C=C/C(=C\C=C(/C)F)Oc1ccc(Cn2nc(C)c3c(C(=O)O)cc(-c4ccc(F)cc4)nc32)cc1. The van der Waals surface area contributed by atoms with Crippen LogP contribution >= 0.6 is 0 Å². The van der Waals surface area contributed by atoms with Gasteiger partial charge in [0.15, 0.2) is 5.65 Å². The van der Waals surface area contributed by atoms with Gasteiger partial charge >= 0.3 is 5.97 Å². The lowest BCUT2D eigenvalue weighted by Gasteiger charge is -2.09. The van der Waals surface area contributed by atoms with Crippen molar-refractivity contribution in [3.05, 3.63) is 114 Å². The lowest BCUT2D eigenvalue weighted by atomic mass is 10.1. The Bertz CT molecular complexity index is 1500. The number of rotatable bonds is 8. The third-order valence-corrected chi connectivity index (χ3v) is 5.42. The third kappa shape index (κ3) is 5.38. The maximum atomic E-state index is 13.4. The number of aryl methyl sites for hydroxylation is 1. The van der Waals surface area contributed by atoms with Crippen LogP contribution in [0.4, 0.5) is 8.78 Å². The summed E-state index contributed by atoms with van der Waals surface area (Å²) in [4.78, 5) is 16.7. The van der Waals surface area contributed by atoms with Crippen molar-refractivity contribution in [1.82, 2.24) is 14.8 Å². The number of aromatic nitrogens is 3. The van der Waals surface area contributed by atoms with Gasteiger partial charge in [-0.25, -0.2) is 23.2 Å². The van der Waals surface area contributed by atoms with Crippen molar-refractivity contribution in [3.8, 4) is 17.0 Å². The highest BCUT2D eigenvalue weighted by Crippen LogP contribution is 2.28. The molecule has 0 unspecified atom stereocenters. The van der Waals surface area contributed by atoms with E-state index >= 15 is 0 Å². The molecule has 4 rings (SSSR count). The van der Waals surface area contributed by atoms with E-state index in [1.54, 1.807) is 35.9 Å². The van der Waals surface area contributed by atoms with Gasteiger partial charge in [0.05, 0.1) is 34.7 Å². The number of carbonyl (C=O) groups is 1. The fraction of sp³-hybridized carbons (Fsp3) is 0.107. The smallest absolute Gasteiger partial charge is 0.336 e. The topological polar surface area (TPSA) is 77.2 Å². The van der Waals surface area contributed by atoms with E-state index in [1.807, 2.05) is 12.1 Å². The van der Waals surface area contributed by atoms with Crippen molar-refractivity contribution >= 4 is 17.0 Å². The van der Waals surface area contributed by atoms with Crippen LogP contribution in [0.1, 0.15) is 28.5 Å². The second-order valence-electron chi connectivity index (χ2n) is 8.08. The van der Waals surface area contributed by atoms with Gasteiger partial charge in [-0.2, -0.15) is 5.10 Å². The van der Waals surface area contributed by atoms with Crippen LogP contribution in [0.5, 0.6) is 5.75 Å². The van der Waals surface area contributed by atoms with Gasteiger partial charge in [-0.3, -0.25) is 0 Å². The first-order valence-electron chi connectivity index (χ1n) is 11.1. The molecular weight excluding hydrogens is 464 g/mol. The summed E-state index contributed by atoms with van der Waals surface area (Å²) in [6, 6.07) is 14.4. The molecule has 1 N–H and O–H groups in total. The monoisotopic (exact) mass is 487 g/mol. The predicted molar refractivity (Wildman–Crippen MR) is 134 cm³/mol. The summed E-state index contributed by atoms with van der Waals surface area (Å²) >= 11 is 0. The Balaban J connectivity index is 1.68. The molecule has 8 heteroatoms. The zero-order valence-electron chi connectivity index (χ0n) is 19.7. The predicted octanol–water partition coefficient (Wildman–Crippen LogP) is 6.61. The molecule has 36 heavy (non-hydrogen) atoms. The van der Waals surface area contributed by atoms with E-state index in [2.05, 4.69) is 16.7 Å². The molecule has 0 aliphatic heterocycles. The average Bonchev–Trinajstić information content (AvgIpc) is 3.17. The van der Waals surface area contributed by atoms with E-state index in [4.69, 9.17) is 4.74 Å². The minimum absolute atomic E-state index is 0.0770. The van der Waals surface area contributed by atoms with Gasteiger partial charge in [-0.1, -0.05) is 18.7 Å². The minimum atomic E-state index is -1.10. The van der Waals surface area contributed by atoms with Crippen molar-refractivity contribution in [2.75, 3.05) is 0 Å². The Morgan fingerprint density at radius 1 is 1.14 bits per heavy atom. The van der Waals surface area contributed by atoms with Crippen LogP contribution in [0, 0.1) is 12.7 Å². The summed E-state index contributed by atoms with van der Waals surface area (Å²) in [6.07, 6.45) is 4.25. The Labute approximate surface area is 206 Å². The van der Waals surface area contributed by atoms with Crippen LogP contribution in [0.3, 0.4) is 0 Å². The van der Waals surface area contributed by atoms with Gasteiger partial charge in [0.25, 0.3) is 0 Å². The number of aromatic carboxylic acids is 1. The average molecular weight is 488 g/mol. The Morgan fingerprint density at radius 3 is 2.44 bits per heavy atom. The number of halogens is 2. The number of hydrogen-bond donors (Lipinski definition) is 1. The molecule has 0 aliphatic carbocycles. The van der Waals surface area contributed by atoms with Gasteiger partial charge in [-0.05, 0) is 80.1 Å². The number of nitrogens with zero attached hydrogens (tertiary/aromatic N) is 3. The zero-order valence-corrected chi connectivity index (χ0v) is 19.7. The number of benzene rings is 2. The first-order valence-corrected chi connectivity index (χ1v) is 11.1. The van der Waals surface area contributed by atoms with Gasteiger partial charge in [0.2, 0.25) is 0 Å². The standard InChI is InChI=1S/C28H23F2N3O3/c1-4-22(12-5-17(2)29)36-23-13-6-19(7-14-23)16-33-27-26(18(3)32-33)24(28(34)35)15-25(31-27)20-8-10-21(30)11-9-20/h4-15H,1,16H2,2-3H3,(H,34,35)/b17-5+,22-12+. The normalized spacial score (nSPS) is 12.1. The summed E-state index contributed by atoms with van der Waals surface area (Å²) in [5.41, 5.74) is 2.91. The number of carboxylic acid groups (broad SMARTS) is 1. The van der Waals surface area contributed by atoms with E-state index in [-0.39, 0.29) is 11.4 Å². The number of hydrogen-bond acceptors (Lipinski definition) is 4. The fourth-order valence-electron chi connectivity index (χ4n) is 3.71. The molecule has 2 aromatic carbocycles. The van der Waals surface area contributed by atoms with E-state index in [1.165, 1.54) is 43.4 Å². The van der Waals surface area contributed by atoms with E-state index in [0.717, 1.165) is 5.56 Å². The molecule has 0 bridgehead atoms. The molecule has 0 spiro atoms. The molecule has 6 nitrogen and oxygen atoms in total. The lowest BCUT2D eigenvalue weighted by molar-refractivity contribution is 0.0699. The van der Waals surface area contributed by atoms with Gasteiger partial charge in [0, 0.05) is 5.56 Å². The van der Waals surface area contributed by atoms with Gasteiger partial charge in [-0.15, -0.1) is 0 Å². The highest BCUT2D eigenvalue weighted by molar-refractivity contribution is 6.04. The maximum absolute atomic E-state index is 13.4. The van der Waals surface area contributed by atoms with E-state index in [9.17, 15) is 18.7 Å². The number of carboxylic acids is 1. The summed E-state index contributed by atoms with van der Waals surface area (Å²) in [5.74, 6) is -0.902. The first kappa shape index (κ1) is 24.5. The molecule has 0 atom stereocenters. The molecule has 4 aromatic rings. The van der Waals surface area contributed by atoms with E-state index < -0.39 is 11.8 Å². The molecule has 2 heterocycles. The quantitative estimate of drug-likeness (QED) is 0.223. The molecule has 182 valence electrons. The molecule has 2 aromatic heterocycles. The second-order valence-corrected chi connectivity index (χ2v) is 8.08. The number of pyridine rings is 1. The Hall–Kier alpha value is -4.59. The highest BCUT2D eigenvalue weighted by Gasteiger charge is 2.20. The summed E-state index contributed by atoms with van der Waals surface area (Å²) in [5, 5.41) is 14.8. The van der Waals surface area contributed by atoms with Gasteiger partial charge in [0.1, 0.15) is 17.3 Å². The number of ether oxygens (including phenoxy) is 1. The van der Waals surface area contributed by atoms with Gasteiger partial charge < -0.3 is 9.84 Å². The molecule has 0 radical (unpaired) electrons. The second kappa shape index (κ2) is 10.4. The molecular formula is C28H23F2N3O3. The molecule has 0 saturated carbocycles. The van der Waals surface area contributed by atoms with Crippen molar-refractivity contribution in [2.24, 2.45) is 0 Å². The van der Waals surface area contributed by atoms with Crippen molar-refractivity contribution in [3.63, 3.8) is 0 Å². The van der Waals surface area contributed by atoms with Crippen molar-refractivity contribution in [1.29, 1.82) is 0 Å². The lowest BCUT2D eigenvalue weighted by Crippen LogP contribution is -2.05. The zero-order chi connectivity index (χ0) is 25.8. The van der Waals surface area contributed by atoms with E-state index in [0.29, 0.717) is 46.0 Å². The molecule has 0 fully saturated rings. The summed E-state index contributed by atoms with van der Waals surface area (Å²) in [7, 11) is 0. The molecule has 0 amide bonds. The highest BCUT2D eigenvalue weighted by atomic mass is 19.1. The van der Waals surface area contributed by atoms with Crippen molar-refractivity contribution < 1.29 is 23.4 Å². The minimum Gasteiger partial charge on any atom is -0.478 e. The van der Waals surface area contributed by atoms with Crippen LogP contribution in [0.2, 0.25) is 0 Å². The number of fused-ring (bicyclic) bond motifs is 1. The van der Waals surface area contributed by atoms with Crippen LogP contribution in [-0.4, -0.2) is 25.8 Å². The first-order chi connectivity index (χ1) is 17.2. The largest absolute Gasteiger partial charge is 0.478 e. The Morgan fingerprint density at radius 2 is 1.83 bits per heavy atom. The van der Waals surface area contributed by atoms with Crippen molar-refractivity contribution in [2.45, 2.75) is 20.4 Å². The third-order valence-electron chi connectivity index (χ3n) is 5.42. The molecule has 0 aliphatic rings. The fourth-order valence-corrected chi connectivity index (χ4v) is 3.71. The van der Waals surface area contributed by atoms with Crippen LogP contribution in [0.15, 0.2) is 91.0 Å². The number of allylic oxidation sites excluding steroid dienone is 4.